The highest BCUT2D eigenvalue weighted by Crippen LogP contribution is 2.23. The van der Waals surface area contributed by atoms with Gasteiger partial charge in [-0.15, -0.1) is 11.3 Å². The standard InChI is InChI=1S/C26H28Cl2N2O2S/c1-4-19(3)30(26(32)21-12-22(27)14-23(28)13-21)17-25(31)29(15-20-8-6-5-7-9-20)16-24-18(2)10-11-33-24/h5-14,19H,4,15-17H2,1-3H3. The molecule has 0 saturated carbocycles. The Bertz CT molecular complexity index is 1080. The van der Waals surface area contributed by atoms with E-state index in [1.165, 1.54) is 0 Å². The number of thiophene rings is 1. The normalized spacial score (nSPS) is 11.8. The Hall–Kier alpha value is -2.34. The van der Waals surface area contributed by atoms with E-state index in [9.17, 15) is 9.59 Å². The van der Waals surface area contributed by atoms with Gasteiger partial charge in [0.25, 0.3) is 5.91 Å². The molecule has 2 aromatic carbocycles. The van der Waals surface area contributed by atoms with E-state index in [4.69, 9.17) is 23.2 Å². The van der Waals surface area contributed by atoms with Gasteiger partial charge in [-0.3, -0.25) is 9.59 Å². The lowest BCUT2D eigenvalue weighted by Gasteiger charge is -2.31. The third-order valence-corrected chi connectivity index (χ3v) is 7.11. The maximum atomic E-state index is 13.6. The summed E-state index contributed by atoms with van der Waals surface area (Å²) in [5.41, 5.74) is 2.58. The third kappa shape index (κ3) is 6.83. The molecule has 0 fully saturated rings. The molecular weight excluding hydrogens is 475 g/mol. The van der Waals surface area contributed by atoms with Gasteiger partial charge in [0.1, 0.15) is 6.54 Å². The molecule has 4 nitrogen and oxygen atoms in total. The molecule has 0 aliphatic rings. The van der Waals surface area contributed by atoms with Crippen molar-refractivity contribution in [1.82, 2.24) is 9.80 Å². The molecular formula is C26H28Cl2N2O2S. The van der Waals surface area contributed by atoms with Crippen molar-refractivity contribution >= 4 is 46.4 Å². The maximum absolute atomic E-state index is 13.6. The highest BCUT2D eigenvalue weighted by molar-refractivity contribution is 7.10. The van der Waals surface area contributed by atoms with E-state index in [0.717, 1.165) is 22.4 Å². The van der Waals surface area contributed by atoms with Crippen molar-refractivity contribution in [2.75, 3.05) is 6.54 Å². The first-order valence-corrected chi connectivity index (χ1v) is 12.5. The molecule has 0 N–H and O–H groups in total. The lowest BCUT2D eigenvalue weighted by Crippen LogP contribution is -2.46. The lowest BCUT2D eigenvalue weighted by molar-refractivity contribution is -0.133. The van der Waals surface area contributed by atoms with Crippen LogP contribution in [0, 0.1) is 6.92 Å². The van der Waals surface area contributed by atoms with Gasteiger partial charge in [-0.2, -0.15) is 0 Å². The first kappa shape index (κ1) is 25.3. The van der Waals surface area contributed by atoms with Crippen LogP contribution >= 0.6 is 34.5 Å². The van der Waals surface area contributed by atoms with E-state index in [1.54, 1.807) is 34.4 Å². The van der Waals surface area contributed by atoms with Gasteiger partial charge in [0.05, 0.1) is 6.54 Å². The zero-order chi connectivity index (χ0) is 24.0. The first-order valence-electron chi connectivity index (χ1n) is 10.9. The fourth-order valence-corrected chi connectivity index (χ4v) is 4.96. The van der Waals surface area contributed by atoms with Gasteiger partial charge in [0, 0.05) is 33.1 Å². The van der Waals surface area contributed by atoms with Gasteiger partial charge in [-0.05, 0) is 61.0 Å². The van der Waals surface area contributed by atoms with Crippen LogP contribution in [0.2, 0.25) is 10.0 Å². The van der Waals surface area contributed by atoms with Crippen LogP contribution in [0.25, 0.3) is 0 Å². The number of amides is 2. The van der Waals surface area contributed by atoms with Crippen LogP contribution in [0.5, 0.6) is 0 Å². The first-order chi connectivity index (χ1) is 15.8. The van der Waals surface area contributed by atoms with Crippen molar-refractivity contribution in [2.24, 2.45) is 0 Å². The second-order valence-electron chi connectivity index (χ2n) is 8.11. The average Bonchev–Trinajstić information content (AvgIpc) is 3.20. The Morgan fingerprint density at radius 2 is 1.67 bits per heavy atom. The topological polar surface area (TPSA) is 40.6 Å². The molecule has 0 bridgehead atoms. The molecule has 0 aliphatic heterocycles. The van der Waals surface area contributed by atoms with Gasteiger partial charge < -0.3 is 9.80 Å². The van der Waals surface area contributed by atoms with E-state index in [0.29, 0.717) is 28.7 Å². The molecule has 1 atom stereocenters. The molecule has 3 aromatic rings. The smallest absolute Gasteiger partial charge is 0.254 e. The summed E-state index contributed by atoms with van der Waals surface area (Å²) in [6, 6.07) is 16.6. The minimum absolute atomic E-state index is 0.0186. The van der Waals surface area contributed by atoms with E-state index < -0.39 is 0 Å². The van der Waals surface area contributed by atoms with Crippen molar-refractivity contribution < 1.29 is 9.59 Å². The summed E-state index contributed by atoms with van der Waals surface area (Å²) in [7, 11) is 0. The van der Waals surface area contributed by atoms with Crippen molar-refractivity contribution in [3.05, 3.63) is 91.6 Å². The molecule has 1 aromatic heterocycles. The highest BCUT2D eigenvalue weighted by atomic mass is 35.5. The summed E-state index contributed by atoms with van der Waals surface area (Å²) in [6.45, 7) is 6.95. The summed E-state index contributed by atoms with van der Waals surface area (Å²) in [4.78, 5) is 31.5. The van der Waals surface area contributed by atoms with Gasteiger partial charge in [0.2, 0.25) is 5.91 Å². The highest BCUT2D eigenvalue weighted by Gasteiger charge is 2.26. The zero-order valence-corrected chi connectivity index (χ0v) is 21.4. The predicted octanol–water partition coefficient (Wildman–Crippen LogP) is 6.83. The quantitative estimate of drug-likeness (QED) is 0.321. The maximum Gasteiger partial charge on any atom is 0.254 e. The molecule has 2 amide bonds. The van der Waals surface area contributed by atoms with Gasteiger partial charge in [-0.1, -0.05) is 60.5 Å². The summed E-state index contributed by atoms with van der Waals surface area (Å²) >= 11 is 13.9. The van der Waals surface area contributed by atoms with E-state index in [1.807, 2.05) is 54.5 Å². The van der Waals surface area contributed by atoms with E-state index >= 15 is 0 Å². The Labute approximate surface area is 209 Å². The number of carbonyl (C=O) groups excluding carboxylic acids is 2. The van der Waals surface area contributed by atoms with Gasteiger partial charge in [-0.25, -0.2) is 0 Å². The van der Waals surface area contributed by atoms with Crippen LogP contribution in [0.3, 0.4) is 0 Å². The molecule has 0 radical (unpaired) electrons. The number of rotatable bonds is 9. The molecule has 3 rings (SSSR count). The number of hydrogen-bond acceptors (Lipinski definition) is 3. The SMILES string of the molecule is CCC(C)N(CC(=O)N(Cc1ccccc1)Cc1sccc1C)C(=O)c1cc(Cl)cc(Cl)c1. The van der Waals surface area contributed by atoms with Crippen molar-refractivity contribution in [3.8, 4) is 0 Å². The number of carbonyl (C=O) groups is 2. The minimum Gasteiger partial charge on any atom is -0.332 e. The van der Waals surface area contributed by atoms with Crippen LogP contribution in [0.15, 0.2) is 60.0 Å². The van der Waals surface area contributed by atoms with Crippen LogP contribution in [-0.2, 0) is 17.9 Å². The van der Waals surface area contributed by atoms with E-state index in [2.05, 4.69) is 13.0 Å². The van der Waals surface area contributed by atoms with Crippen molar-refractivity contribution in [3.63, 3.8) is 0 Å². The van der Waals surface area contributed by atoms with Crippen LogP contribution in [0.4, 0.5) is 0 Å². The lowest BCUT2D eigenvalue weighted by atomic mass is 10.1. The molecule has 0 aliphatic carbocycles. The Morgan fingerprint density at radius 3 is 2.24 bits per heavy atom. The Morgan fingerprint density at radius 1 is 1.00 bits per heavy atom. The third-order valence-electron chi connectivity index (χ3n) is 5.67. The number of aryl methyl sites for hydroxylation is 1. The van der Waals surface area contributed by atoms with Gasteiger partial charge in [0.15, 0.2) is 0 Å². The van der Waals surface area contributed by atoms with E-state index in [-0.39, 0.29) is 24.4 Å². The molecule has 33 heavy (non-hydrogen) atoms. The molecule has 0 saturated heterocycles. The number of benzene rings is 2. The summed E-state index contributed by atoms with van der Waals surface area (Å²) in [6.07, 6.45) is 0.718. The minimum atomic E-state index is -0.255. The number of hydrogen-bond donors (Lipinski definition) is 0. The fourth-order valence-electron chi connectivity index (χ4n) is 3.51. The Balaban J connectivity index is 1.87. The number of halogens is 2. The second-order valence-corrected chi connectivity index (χ2v) is 9.98. The number of nitrogens with zero attached hydrogens (tertiary/aromatic N) is 2. The fraction of sp³-hybridized carbons (Fsp3) is 0.308. The molecule has 1 unspecified atom stereocenters. The molecule has 174 valence electrons. The van der Waals surface area contributed by atoms with Crippen molar-refractivity contribution in [2.45, 2.75) is 46.3 Å². The largest absolute Gasteiger partial charge is 0.332 e. The second kappa shape index (κ2) is 11.7. The van der Waals surface area contributed by atoms with Crippen LogP contribution in [0.1, 0.15) is 46.6 Å². The predicted molar refractivity (Wildman–Crippen MR) is 137 cm³/mol. The monoisotopic (exact) mass is 502 g/mol. The zero-order valence-electron chi connectivity index (χ0n) is 19.1. The molecule has 1 heterocycles. The summed E-state index contributed by atoms with van der Waals surface area (Å²) in [5, 5.41) is 2.81. The average molecular weight is 503 g/mol. The Kier molecular flexibility index (Phi) is 8.95. The van der Waals surface area contributed by atoms with Gasteiger partial charge >= 0.3 is 0 Å². The molecule has 7 heteroatoms. The molecule has 0 spiro atoms. The van der Waals surface area contributed by atoms with Crippen LogP contribution < -0.4 is 0 Å². The van der Waals surface area contributed by atoms with Crippen molar-refractivity contribution in [1.29, 1.82) is 0 Å². The summed E-state index contributed by atoms with van der Waals surface area (Å²) in [5.74, 6) is -0.359. The summed E-state index contributed by atoms with van der Waals surface area (Å²) < 4.78 is 0. The van der Waals surface area contributed by atoms with Crippen LogP contribution in [-0.4, -0.2) is 34.2 Å².